The highest BCUT2D eigenvalue weighted by molar-refractivity contribution is 6.00. The molecule has 2 aromatic carbocycles. The van der Waals surface area contributed by atoms with Crippen LogP contribution in [0.1, 0.15) is 29.5 Å². The van der Waals surface area contributed by atoms with Crippen molar-refractivity contribution in [1.82, 2.24) is 10.2 Å². The van der Waals surface area contributed by atoms with E-state index >= 15 is 0 Å². The number of nitrogens with zero attached hydrogens (tertiary/aromatic N) is 1. The second kappa shape index (κ2) is 7.84. The molecule has 1 fully saturated rings. The van der Waals surface area contributed by atoms with Crippen molar-refractivity contribution in [1.29, 1.82) is 0 Å². The van der Waals surface area contributed by atoms with Gasteiger partial charge >= 0.3 is 0 Å². The number of carbonyl (C=O) groups excluding carboxylic acids is 3. The van der Waals surface area contributed by atoms with Crippen LogP contribution >= 0.6 is 0 Å². The largest absolute Gasteiger partial charge is 0.342 e. The van der Waals surface area contributed by atoms with Crippen LogP contribution in [0.4, 0.5) is 5.69 Å². The quantitative estimate of drug-likeness (QED) is 0.837. The topological polar surface area (TPSA) is 78.5 Å². The number of fused-ring (bicyclic) bond motifs is 1. The van der Waals surface area contributed by atoms with E-state index < -0.39 is 6.04 Å². The van der Waals surface area contributed by atoms with Crippen molar-refractivity contribution in [2.24, 2.45) is 0 Å². The van der Waals surface area contributed by atoms with Crippen LogP contribution in [0.5, 0.6) is 0 Å². The molecular formula is C22H23N3O3. The molecule has 0 radical (unpaired) electrons. The molecule has 1 heterocycles. The van der Waals surface area contributed by atoms with Gasteiger partial charge in [0.25, 0.3) is 0 Å². The maximum absolute atomic E-state index is 12.8. The van der Waals surface area contributed by atoms with E-state index in [0.717, 1.165) is 30.5 Å². The Morgan fingerprint density at radius 2 is 1.89 bits per heavy atom. The van der Waals surface area contributed by atoms with E-state index in [4.69, 9.17) is 0 Å². The minimum Gasteiger partial charge on any atom is -0.342 e. The first-order valence-electron chi connectivity index (χ1n) is 9.63. The fourth-order valence-electron chi connectivity index (χ4n) is 3.97. The number of anilines is 1. The Bertz CT molecular complexity index is 910. The summed E-state index contributed by atoms with van der Waals surface area (Å²) in [5, 5.41) is 5.59. The highest BCUT2D eigenvalue weighted by atomic mass is 16.2. The lowest BCUT2D eigenvalue weighted by Gasteiger charge is -2.32. The maximum atomic E-state index is 12.8. The van der Waals surface area contributed by atoms with E-state index in [1.807, 2.05) is 42.5 Å². The smallest absolute Gasteiger partial charge is 0.246 e. The lowest BCUT2D eigenvalue weighted by atomic mass is 10.1. The van der Waals surface area contributed by atoms with Crippen LogP contribution in [0.2, 0.25) is 0 Å². The fraction of sp³-hybridized carbons (Fsp3) is 0.318. The zero-order chi connectivity index (χ0) is 19.5. The highest BCUT2D eigenvalue weighted by Gasteiger charge is 2.34. The summed E-state index contributed by atoms with van der Waals surface area (Å²) in [5.41, 5.74) is 4.22. The predicted octanol–water partition coefficient (Wildman–Crippen LogP) is 2.03. The van der Waals surface area contributed by atoms with Crippen molar-refractivity contribution in [3.8, 4) is 0 Å². The SMILES string of the molecule is O=C(CC1NC(=O)CN(Cc2ccccc2)C1=O)Nc1cccc2c1CCC2. The van der Waals surface area contributed by atoms with Crippen LogP contribution in [0.3, 0.4) is 0 Å². The second-order valence-electron chi connectivity index (χ2n) is 7.35. The molecule has 144 valence electrons. The molecule has 2 N–H and O–H groups in total. The number of hydrogen-bond donors (Lipinski definition) is 2. The van der Waals surface area contributed by atoms with Gasteiger partial charge < -0.3 is 15.5 Å². The molecular weight excluding hydrogens is 354 g/mol. The van der Waals surface area contributed by atoms with Gasteiger partial charge in [-0.05, 0) is 42.0 Å². The molecule has 0 aromatic heterocycles. The van der Waals surface area contributed by atoms with Crippen molar-refractivity contribution in [2.75, 3.05) is 11.9 Å². The molecule has 2 aromatic rings. The van der Waals surface area contributed by atoms with Crippen LogP contribution in [0.15, 0.2) is 48.5 Å². The molecule has 1 saturated heterocycles. The van der Waals surface area contributed by atoms with E-state index in [1.54, 1.807) is 0 Å². The van der Waals surface area contributed by atoms with Gasteiger partial charge in [0.05, 0.1) is 13.0 Å². The van der Waals surface area contributed by atoms with E-state index in [-0.39, 0.29) is 30.7 Å². The van der Waals surface area contributed by atoms with E-state index in [2.05, 4.69) is 16.7 Å². The van der Waals surface area contributed by atoms with Crippen LogP contribution < -0.4 is 10.6 Å². The van der Waals surface area contributed by atoms with Crippen molar-refractivity contribution in [3.63, 3.8) is 0 Å². The van der Waals surface area contributed by atoms with Crippen molar-refractivity contribution < 1.29 is 14.4 Å². The monoisotopic (exact) mass is 377 g/mol. The summed E-state index contributed by atoms with van der Waals surface area (Å²) < 4.78 is 0. The normalized spacial score (nSPS) is 18.6. The lowest BCUT2D eigenvalue weighted by Crippen LogP contribution is -2.58. The van der Waals surface area contributed by atoms with Crippen molar-refractivity contribution in [3.05, 3.63) is 65.2 Å². The average Bonchev–Trinajstić information content (AvgIpc) is 3.16. The van der Waals surface area contributed by atoms with Gasteiger partial charge in [0, 0.05) is 12.2 Å². The van der Waals surface area contributed by atoms with E-state index in [1.165, 1.54) is 16.0 Å². The summed E-state index contributed by atoms with van der Waals surface area (Å²) >= 11 is 0. The molecule has 1 unspecified atom stereocenters. The zero-order valence-corrected chi connectivity index (χ0v) is 15.6. The van der Waals surface area contributed by atoms with E-state index in [0.29, 0.717) is 6.54 Å². The molecule has 3 amide bonds. The van der Waals surface area contributed by atoms with Crippen LogP contribution in [-0.2, 0) is 33.8 Å². The summed E-state index contributed by atoms with van der Waals surface area (Å²) in [6.07, 6.45) is 3.01. The third-order valence-electron chi connectivity index (χ3n) is 5.31. The molecule has 2 aliphatic rings. The minimum atomic E-state index is -0.832. The number of nitrogens with one attached hydrogen (secondary N) is 2. The van der Waals surface area contributed by atoms with Gasteiger partial charge in [-0.25, -0.2) is 0 Å². The fourth-order valence-corrected chi connectivity index (χ4v) is 3.97. The number of rotatable bonds is 5. The number of benzene rings is 2. The minimum absolute atomic E-state index is 0.0119. The number of hydrogen-bond acceptors (Lipinski definition) is 3. The van der Waals surface area contributed by atoms with Gasteiger partial charge in [-0.3, -0.25) is 14.4 Å². The molecule has 1 aliphatic heterocycles. The summed E-state index contributed by atoms with van der Waals surface area (Å²) in [4.78, 5) is 38.9. The zero-order valence-electron chi connectivity index (χ0n) is 15.6. The first-order valence-corrected chi connectivity index (χ1v) is 9.63. The number of aryl methyl sites for hydroxylation is 1. The molecule has 0 saturated carbocycles. The first-order chi connectivity index (χ1) is 13.6. The number of amides is 3. The van der Waals surface area contributed by atoms with Crippen molar-refractivity contribution >= 4 is 23.4 Å². The van der Waals surface area contributed by atoms with E-state index in [9.17, 15) is 14.4 Å². The van der Waals surface area contributed by atoms with Crippen molar-refractivity contribution in [2.45, 2.75) is 38.3 Å². The summed E-state index contributed by atoms with van der Waals surface area (Å²) in [7, 11) is 0. The molecule has 0 bridgehead atoms. The molecule has 4 rings (SSSR count). The molecule has 1 atom stereocenters. The van der Waals surface area contributed by atoms with Gasteiger partial charge in [-0.2, -0.15) is 0 Å². The van der Waals surface area contributed by atoms with Gasteiger partial charge in [0.1, 0.15) is 6.04 Å². The lowest BCUT2D eigenvalue weighted by molar-refractivity contribution is -0.145. The number of carbonyl (C=O) groups is 3. The van der Waals surface area contributed by atoms with Gasteiger partial charge in [-0.15, -0.1) is 0 Å². The van der Waals surface area contributed by atoms with Crippen LogP contribution in [0, 0.1) is 0 Å². The highest BCUT2D eigenvalue weighted by Crippen LogP contribution is 2.28. The molecule has 1 aliphatic carbocycles. The number of piperazine rings is 1. The molecule has 6 nitrogen and oxygen atoms in total. The Labute approximate surface area is 163 Å². The van der Waals surface area contributed by atoms with Gasteiger partial charge in [-0.1, -0.05) is 42.5 Å². The second-order valence-corrected chi connectivity index (χ2v) is 7.35. The molecule has 28 heavy (non-hydrogen) atoms. The Morgan fingerprint density at radius 1 is 1.07 bits per heavy atom. The summed E-state index contributed by atoms with van der Waals surface area (Å²) in [6.45, 7) is 0.370. The average molecular weight is 377 g/mol. The third kappa shape index (κ3) is 3.91. The predicted molar refractivity (Wildman–Crippen MR) is 106 cm³/mol. The Kier molecular flexibility index (Phi) is 5.10. The standard InChI is InChI=1S/C22H23N3O3/c26-20(23-18-11-5-9-16-8-4-10-17(16)18)12-19-22(28)25(14-21(27)24-19)13-15-6-2-1-3-7-15/h1-3,5-7,9,11,19H,4,8,10,12-14H2,(H,23,26)(H,24,27). The Hall–Kier alpha value is -3.15. The van der Waals surface area contributed by atoms with Crippen LogP contribution in [-0.4, -0.2) is 35.2 Å². The van der Waals surface area contributed by atoms with Crippen LogP contribution in [0.25, 0.3) is 0 Å². The first kappa shape index (κ1) is 18.2. The third-order valence-corrected chi connectivity index (χ3v) is 5.31. The van der Waals surface area contributed by atoms with Gasteiger partial charge in [0.2, 0.25) is 17.7 Å². The Morgan fingerprint density at radius 3 is 2.71 bits per heavy atom. The molecule has 0 spiro atoms. The Balaban J connectivity index is 1.42. The summed E-state index contributed by atoms with van der Waals surface area (Å²) in [5.74, 6) is -0.730. The maximum Gasteiger partial charge on any atom is 0.246 e. The summed E-state index contributed by atoms with van der Waals surface area (Å²) in [6, 6.07) is 14.6. The van der Waals surface area contributed by atoms with Gasteiger partial charge in [0.15, 0.2) is 0 Å². The molecule has 6 heteroatoms.